The smallest absolute Gasteiger partial charge is 0.308 e. The van der Waals surface area contributed by atoms with Gasteiger partial charge in [0.1, 0.15) is 5.75 Å². The Morgan fingerprint density at radius 3 is 2.69 bits per heavy atom. The minimum Gasteiger partial charge on any atom is -0.426 e. The monoisotopic (exact) mass is 218 g/mol. The Hall–Kier alpha value is -1.57. The molecule has 1 aromatic carbocycles. The van der Waals surface area contributed by atoms with Gasteiger partial charge in [-0.15, -0.1) is 0 Å². The largest absolute Gasteiger partial charge is 0.426 e. The van der Waals surface area contributed by atoms with Crippen molar-refractivity contribution in [3.8, 4) is 5.75 Å². The molecule has 2 heteroatoms. The lowest BCUT2D eigenvalue weighted by molar-refractivity contribution is -0.131. The molecule has 0 aliphatic rings. The Morgan fingerprint density at radius 1 is 1.50 bits per heavy atom. The molecule has 0 bridgehead atoms. The van der Waals surface area contributed by atoms with Gasteiger partial charge in [-0.1, -0.05) is 38.6 Å². The average molecular weight is 218 g/mol. The number of hydrogen-bond donors (Lipinski definition) is 0. The molecule has 0 radical (unpaired) electrons. The molecule has 0 heterocycles. The van der Waals surface area contributed by atoms with Crippen LogP contribution in [0.3, 0.4) is 0 Å². The van der Waals surface area contributed by atoms with Crippen LogP contribution in [-0.4, -0.2) is 5.97 Å². The highest BCUT2D eigenvalue weighted by atomic mass is 16.5. The highest BCUT2D eigenvalue weighted by Gasteiger charge is 2.06. The summed E-state index contributed by atoms with van der Waals surface area (Å²) in [7, 11) is 0. The van der Waals surface area contributed by atoms with Crippen LogP contribution >= 0.6 is 0 Å². The molecule has 1 aromatic rings. The second kappa shape index (κ2) is 5.50. The second-order valence-corrected chi connectivity index (χ2v) is 4.27. The highest BCUT2D eigenvalue weighted by Crippen LogP contribution is 2.23. The summed E-state index contributed by atoms with van der Waals surface area (Å²) in [4.78, 5) is 11.0. The molecule has 0 saturated carbocycles. The summed E-state index contributed by atoms with van der Waals surface area (Å²) in [5.74, 6) is 0.880. The van der Waals surface area contributed by atoms with Gasteiger partial charge in [0.25, 0.3) is 0 Å². The van der Waals surface area contributed by atoms with Crippen molar-refractivity contribution in [2.24, 2.45) is 5.92 Å². The minimum atomic E-state index is -0.301. The van der Waals surface area contributed by atoms with E-state index in [0.717, 1.165) is 12.0 Å². The maximum Gasteiger partial charge on any atom is 0.308 e. The molecule has 0 fully saturated rings. The van der Waals surface area contributed by atoms with Crippen molar-refractivity contribution in [2.45, 2.75) is 27.2 Å². The van der Waals surface area contributed by atoms with Crippen LogP contribution in [0.15, 0.2) is 24.8 Å². The van der Waals surface area contributed by atoms with Crippen LogP contribution in [-0.2, 0) is 11.2 Å². The van der Waals surface area contributed by atoms with Crippen molar-refractivity contribution in [3.05, 3.63) is 35.9 Å². The maximum absolute atomic E-state index is 11.0. The van der Waals surface area contributed by atoms with E-state index in [4.69, 9.17) is 4.74 Å². The van der Waals surface area contributed by atoms with Crippen molar-refractivity contribution in [1.29, 1.82) is 0 Å². The van der Waals surface area contributed by atoms with Gasteiger partial charge in [-0.3, -0.25) is 4.79 Å². The molecular formula is C14H18O2. The summed E-state index contributed by atoms with van der Waals surface area (Å²) in [6, 6.07) is 5.89. The molecule has 0 unspecified atom stereocenters. The van der Waals surface area contributed by atoms with Gasteiger partial charge in [0.15, 0.2) is 0 Å². The molecule has 0 atom stereocenters. The maximum atomic E-state index is 11.0. The van der Waals surface area contributed by atoms with E-state index in [9.17, 15) is 4.79 Å². The quantitative estimate of drug-likeness (QED) is 0.571. The first-order chi connectivity index (χ1) is 7.52. The number of rotatable bonds is 4. The van der Waals surface area contributed by atoms with E-state index in [1.807, 2.05) is 18.2 Å². The van der Waals surface area contributed by atoms with Gasteiger partial charge in [-0.25, -0.2) is 0 Å². The summed E-state index contributed by atoms with van der Waals surface area (Å²) < 4.78 is 5.15. The van der Waals surface area contributed by atoms with Gasteiger partial charge >= 0.3 is 5.97 Å². The molecule has 0 spiro atoms. The summed E-state index contributed by atoms with van der Waals surface area (Å²) in [6.45, 7) is 9.42. The van der Waals surface area contributed by atoms with Gasteiger partial charge < -0.3 is 4.74 Å². The van der Waals surface area contributed by atoms with E-state index in [1.54, 1.807) is 6.08 Å². The first-order valence-electron chi connectivity index (χ1n) is 5.46. The number of carbonyl (C=O) groups excluding carboxylic acids is 1. The van der Waals surface area contributed by atoms with Crippen molar-refractivity contribution in [3.63, 3.8) is 0 Å². The van der Waals surface area contributed by atoms with Crippen molar-refractivity contribution in [1.82, 2.24) is 0 Å². The molecule has 0 aliphatic heterocycles. The van der Waals surface area contributed by atoms with E-state index in [-0.39, 0.29) is 5.97 Å². The highest BCUT2D eigenvalue weighted by molar-refractivity contribution is 5.71. The predicted molar refractivity (Wildman–Crippen MR) is 66.4 cm³/mol. The normalized spacial score (nSPS) is 10.2. The van der Waals surface area contributed by atoms with Crippen LogP contribution in [0, 0.1) is 5.92 Å². The lowest BCUT2D eigenvalue weighted by Crippen LogP contribution is -2.04. The minimum absolute atomic E-state index is 0.301. The van der Waals surface area contributed by atoms with Gasteiger partial charge in [-0.05, 0) is 24.0 Å². The fourth-order valence-corrected chi connectivity index (χ4v) is 1.59. The molecule has 0 amide bonds. The third kappa shape index (κ3) is 3.54. The molecule has 0 N–H and O–H groups in total. The molecule has 1 rings (SSSR count). The zero-order chi connectivity index (χ0) is 12.1. The van der Waals surface area contributed by atoms with Gasteiger partial charge in [-0.2, -0.15) is 0 Å². The number of ether oxygens (including phenoxy) is 1. The van der Waals surface area contributed by atoms with Crippen molar-refractivity contribution >= 4 is 12.0 Å². The topological polar surface area (TPSA) is 26.3 Å². The molecule has 86 valence electrons. The fourth-order valence-electron chi connectivity index (χ4n) is 1.59. The predicted octanol–water partition coefficient (Wildman–Crippen LogP) is 3.45. The summed E-state index contributed by atoms with van der Waals surface area (Å²) in [5.41, 5.74) is 2.03. The summed E-state index contributed by atoms with van der Waals surface area (Å²) in [6.07, 6.45) is 2.67. The van der Waals surface area contributed by atoms with Crippen LogP contribution in [0.5, 0.6) is 5.75 Å². The first kappa shape index (κ1) is 12.5. The van der Waals surface area contributed by atoms with Crippen molar-refractivity contribution < 1.29 is 9.53 Å². The molecule has 0 aromatic heterocycles. The lowest BCUT2D eigenvalue weighted by Gasteiger charge is -2.10. The van der Waals surface area contributed by atoms with E-state index in [1.165, 1.54) is 12.5 Å². The molecule has 0 aliphatic carbocycles. The van der Waals surface area contributed by atoms with Gasteiger partial charge in [0.05, 0.1) is 0 Å². The van der Waals surface area contributed by atoms with Crippen molar-refractivity contribution in [2.75, 3.05) is 0 Å². The Kier molecular flexibility index (Phi) is 4.29. The Morgan fingerprint density at radius 2 is 2.19 bits per heavy atom. The third-order valence-corrected chi connectivity index (χ3v) is 2.20. The zero-order valence-electron chi connectivity index (χ0n) is 10.1. The van der Waals surface area contributed by atoms with Crippen LogP contribution in [0.25, 0.3) is 6.08 Å². The third-order valence-electron chi connectivity index (χ3n) is 2.20. The van der Waals surface area contributed by atoms with Crippen LogP contribution < -0.4 is 4.74 Å². The van der Waals surface area contributed by atoms with Gasteiger partial charge in [0, 0.05) is 12.5 Å². The zero-order valence-corrected chi connectivity index (χ0v) is 10.1. The Labute approximate surface area is 96.9 Å². The standard InChI is InChI=1S/C14H18O2/c1-5-13-7-6-12(8-10(2)3)9-14(13)16-11(4)15/h5-7,9-10H,1,8H2,2-4H3. The fraction of sp³-hybridized carbons (Fsp3) is 0.357. The lowest BCUT2D eigenvalue weighted by atomic mass is 10.0. The van der Waals surface area contributed by atoms with E-state index >= 15 is 0 Å². The Balaban J connectivity index is 3.00. The average Bonchev–Trinajstić information content (AvgIpc) is 2.16. The number of benzene rings is 1. The molecule has 2 nitrogen and oxygen atoms in total. The van der Waals surface area contributed by atoms with Crippen LogP contribution in [0.1, 0.15) is 31.9 Å². The van der Waals surface area contributed by atoms with Crippen LogP contribution in [0.4, 0.5) is 0 Å². The first-order valence-corrected chi connectivity index (χ1v) is 5.46. The van der Waals surface area contributed by atoms with E-state index in [2.05, 4.69) is 20.4 Å². The van der Waals surface area contributed by atoms with Gasteiger partial charge in [0.2, 0.25) is 0 Å². The van der Waals surface area contributed by atoms with E-state index < -0.39 is 0 Å². The molecule has 0 saturated heterocycles. The number of esters is 1. The Bertz CT molecular complexity index is 392. The van der Waals surface area contributed by atoms with E-state index in [0.29, 0.717) is 11.7 Å². The number of carbonyl (C=O) groups is 1. The van der Waals surface area contributed by atoms with Crippen LogP contribution in [0.2, 0.25) is 0 Å². The molecular weight excluding hydrogens is 200 g/mol. The SMILES string of the molecule is C=Cc1ccc(CC(C)C)cc1OC(C)=O. The molecule has 16 heavy (non-hydrogen) atoms. The second-order valence-electron chi connectivity index (χ2n) is 4.27. The summed E-state index contributed by atoms with van der Waals surface area (Å²) in [5, 5.41) is 0. The summed E-state index contributed by atoms with van der Waals surface area (Å²) >= 11 is 0. The number of hydrogen-bond acceptors (Lipinski definition) is 2.